The second kappa shape index (κ2) is 20.4. The summed E-state index contributed by atoms with van der Waals surface area (Å²) < 4.78 is 65.8. The number of carbonyl (C=O) groups excluding carboxylic acids is 3. The van der Waals surface area contributed by atoms with Gasteiger partial charge >= 0.3 is 43.6 Å². The third kappa shape index (κ3) is 13.7. The van der Waals surface area contributed by atoms with Crippen molar-refractivity contribution in [3.63, 3.8) is 0 Å². The normalized spacial score (nSPS) is 14.1. The molecule has 58 heavy (non-hydrogen) atoms. The van der Waals surface area contributed by atoms with Gasteiger partial charge in [-0.2, -0.15) is 15.0 Å². The fourth-order valence-electron chi connectivity index (χ4n) is 4.73. The Morgan fingerprint density at radius 1 is 1.12 bits per heavy atom. The number of thiophene rings is 1. The lowest BCUT2D eigenvalue weighted by Crippen LogP contribution is -2.35. The molecule has 1 aromatic carbocycles. The maximum atomic E-state index is 14.3. The van der Waals surface area contributed by atoms with Crippen LogP contribution < -0.4 is 29.7 Å². The van der Waals surface area contributed by atoms with E-state index in [9.17, 15) is 41.3 Å². The summed E-state index contributed by atoms with van der Waals surface area (Å²) in [6.45, 7) is 4.35. The highest BCUT2D eigenvalue weighted by molar-refractivity contribution is 7.90. The number of urea groups is 1. The van der Waals surface area contributed by atoms with Crippen LogP contribution in [0.5, 0.6) is 11.8 Å². The van der Waals surface area contributed by atoms with Crippen LogP contribution in [0.1, 0.15) is 55.0 Å². The number of sulfonamides is 1. The minimum atomic E-state index is -4.37. The van der Waals surface area contributed by atoms with Crippen molar-refractivity contribution >= 4 is 82.2 Å². The molecule has 1 saturated heterocycles. The zero-order valence-corrected chi connectivity index (χ0v) is 34.0. The van der Waals surface area contributed by atoms with Gasteiger partial charge in [-0.15, -0.1) is 11.3 Å². The van der Waals surface area contributed by atoms with Crippen LogP contribution in [0.25, 0.3) is 0 Å². The molecule has 1 aliphatic carbocycles. The van der Waals surface area contributed by atoms with Crippen LogP contribution >= 0.6 is 30.5 Å². The number of anilines is 2. The van der Waals surface area contributed by atoms with Gasteiger partial charge in [0.25, 0.3) is 10.0 Å². The van der Waals surface area contributed by atoms with Crippen molar-refractivity contribution in [2.45, 2.75) is 57.5 Å². The van der Waals surface area contributed by atoms with Crippen molar-refractivity contribution < 1.29 is 75.6 Å². The molecule has 316 valence electrons. The maximum Gasteiger partial charge on any atom is 0.427 e. The summed E-state index contributed by atoms with van der Waals surface area (Å²) in [6, 6.07) is 2.18. The number of nitrogens with one attached hydrogen (secondary N) is 3. The zero-order chi connectivity index (χ0) is 43.5. The van der Waals surface area contributed by atoms with Crippen LogP contribution in [0.3, 0.4) is 0 Å². The first-order chi connectivity index (χ1) is 27.0. The Morgan fingerprint density at radius 3 is 2.33 bits per heavy atom. The monoisotopic (exact) mass is 895 g/mol. The van der Waals surface area contributed by atoms with Gasteiger partial charge in [-0.05, 0) is 69.5 Å². The largest absolute Gasteiger partial charge is 0.489 e. The molecule has 0 atom stereocenters. The van der Waals surface area contributed by atoms with Crippen molar-refractivity contribution in [3.8, 4) is 11.8 Å². The summed E-state index contributed by atoms with van der Waals surface area (Å²) >= 11 is 6.77. The van der Waals surface area contributed by atoms with E-state index in [2.05, 4.69) is 25.6 Å². The molecule has 2 fully saturated rings. The number of aromatic nitrogens is 3. The number of rotatable bonds is 12. The van der Waals surface area contributed by atoms with E-state index in [1.807, 2.05) is 0 Å². The molecule has 5 rings (SSSR count). The maximum absolute atomic E-state index is 14.3. The molecule has 22 nitrogen and oxygen atoms in total. The van der Waals surface area contributed by atoms with E-state index in [-0.39, 0.29) is 46.1 Å². The number of nitrogens with zero attached hydrogens (tertiary/aromatic N) is 4. The van der Waals surface area contributed by atoms with Crippen molar-refractivity contribution in [3.05, 3.63) is 56.5 Å². The SMILES string of the molecule is CC(C)=C1OC(=O)N(c2cc(OC3CCCC3)c(Cl)cc2F)C1=O.COc1nc(C)nc(NC(=O)NS(=O)(=O)c2ccsc2C(=O)O)n1.O=C(O)CNCP(=O)(O)O. The van der Waals surface area contributed by atoms with Crippen LogP contribution in [0, 0.1) is 12.7 Å². The molecule has 2 aromatic heterocycles. The first kappa shape index (κ1) is 47.1. The number of aryl methyl sites for hydroxylation is 1. The number of allylic oxidation sites excluding steroid dienone is 1. The van der Waals surface area contributed by atoms with Crippen molar-refractivity contribution in [1.82, 2.24) is 25.0 Å². The molecule has 0 unspecified atom stereocenters. The Labute approximate surface area is 337 Å². The number of ether oxygens (including phenoxy) is 3. The van der Waals surface area contributed by atoms with Gasteiger partial charge in [-0.1, -0.05) is 11.6 Å². The molecule has 3 aromatic rings. The number of hydrogen-bond donors (Lipinski definition) is 7. The number of amides is 4. The van der Waals surface area contributed by atoms with Gasteiger partial charge in [0.2, 0.25) is 5.95 Å². The summed E-state index contributed by atoms with van der Waals surface area (Å²) in [4.78, 5) is 84.4. The van der Waals surface area contributed by atoms with Gasteiger partial charge in [-0.25, -0.2) is 36.8 Å². The van der Waals surface area contributed by atoms with Gasteiger partial charge in [0, 0.05) is 6.07 Å². The quantitative estimate of drug-likeness (QED) is 0.100. The first-order valence-electron chi connectivity index (χ1n) is 16.3. The average molecular weight is 896 g/mol. The number of carboxylic acids is 2. The van der Waals surface area contributed by atoms with Gasteiger partial charge in [0.1, 0.15) is 27.2 Å². The van der Waals surface area contributed by atoms with Gasteiger partial charge in [-0.3, -0.25) is 24.8 Å². The Balaban J connectivity index is 0.000000253. The Kier molecular flexibility index (Phi) is 16.6. The van der Waals surface area contributed by atoms with E-state index >= 15 is 0 Å². The number of cyclic esters (lactones) is 1. The smallest absolute Gasteiger partial charge is 0.427 e. The van der Waals surface area contributed by atoms with E-state index in [0.717, 1.165) is 49.2 Å². The summed E-state index contributed by atoms with van der Waals surface area (Å²) in [5.41, 5.74) is 0.311. The lowest BCUT2D eigenvalue weighted by atomic mass is 10.2. The molecule has 0 spiro atoms. The van der Waals surface area contributed by atoms with E-state index in [4.69, 9.17) is 45.8 Å². The molecular weight excluding hydrogens is 860 g/mol. The van der Waals surface area contributed by atoms with Crippen LogP contribution in [-0.2, 0) is 28.9 Å². The number of benzene rings is 1. The van der Waals surface area contributed by atoms with Gasteiger partial charge in [0.05, 0.1) is 36.8 Å². The molecule has 7 N–H and O–H groups in total. The molecule has 0 bridgehead atoms. The lowest BCUT2D eigenvalue weighted by Gasteiger charge is -2.18. The zero-order valence-electron chi connectivity index (χ0n) is 30.7. The number of halogens is 2. The highest BCUT2D eigenvalue weighted by atomic mass is 35.5. The molecule has 1 aliphatic heterocycles. The molecular formula is C31H36ClFN7O15PS2. The average Bonchev–Trinajstić information content (AvgIpc) is 3.87. The topological polar surface area (TPSA) is 323 Å². The number of methoxy groups -OCH3 is 1. The number of imide groups is 1. The number of hydrogen-bond acceptors (Lipinski definition) is 16. The molecule has 3 heterocycles. The van der Waals surface area contributed by atoms with E-state index in [0.29, 0.717) is 10.5 Å². The molecule has 27 heteroatoms. The van der Waals surface area contributed by atoms with Gasteiger partial charge < -0.3 is 34.2 Å². The third-order valence-corrected chi connectivity index (χ3v) is 10.5. The Bertz CT molecular complexity index is 2240. The second-order valence-electron chi connectivity index (χ2n) is 11.9. The summed E-state index contributed by atoms with van der Waals surface area (Å²) in [5.74, 6) is -3.87. The summed E-state index contributed by atoms with van der Waals surface area (Å²) in [7, 11) is -7.16. The minimum absolute atomic E-state index is 0.00962. The fourth-order valence-corrected chi connectivity index (χ4v) is 7.50. The number of aliphatic carboxylic acids is 1. The first-order valence-corrected chi connectivity index (χ1v) is 20.8. The number of carbonyl (C=O) groups is 5. The van der Waals surface area contributed by atoms with E-state index < -0.39 is 76.0 Å². The summed E-state index contributed by atoms with van der Waals surface area (Å²) in [6.07, 6.45) is 2.40. The van der Waals surface area contributed by atoms with Crippen LogP contribution in [0.2, 0.25) is 5.02 Å². The second-order valence-corrected chi connectivity index (χ2v) is 16.5. The van der Waals surface area contributed by atoms with Crippen molar-refractivity contribution in [2.24, 2.45) is 0 Å². The predicted molar refractivity (Wildman–Crippen MR) is 201 cm³/mol. The number of carboxylic acid groups (broad SMARTS) is 2. The van der Waals surface area contributed by atoms with Crippen LogP contribution in [0.15, 0.2) is 39.8 Å². The van der Waals surface area contributed by atoms with Crippen molar-refractivity contribution in [1.29, 1.82) is 0 Å². The van der Waals surface area contributed by atoms with E-state index in [1.165, 1.54) is 25.5 Å². The van der Waals surface area contributed by atoms with Gasteiger partial charge in [0.15, 0.2) is 5.76 Å². The molecule has 2 aliphatic rings. The van der Waals surface area contributed by atoms with Crippen molar-refractivity contribution in [2.75, 3.05) is 30.2 Å². The van der Waals surface area contributed by atoms with E-state index in [1.54, 1.807) is 18.6 Å². The standard InChI is InChI=1S/C17H17ClFNO4.C11H11N5O6S2.C3H8NO5P/c1-9(2)15-16(21)20(17(22)24-15)13-8-14(11(18)7-12(13)19)23-10-5-3-4-6-10;1-5-12-9(15-11(13-5)22-2)14-10(19)16-24(20,21)6-3-4-23-7(6)8(17)18;5-3(6)1-4-2-10(7,8)9/h7-8,10H,3-6H2,1-2H3;3-4H,1-2H3,(H,17,18)(H2,12,13,14,15,16,19);4H,1-2H2,(H,5,6)(H2,7,8,9). The minimum Gasteiger partial charge on any atom is -0.489 e. The molecule has 0 radical (unpaired) electrons. The fraction of sp³-hybridized carbons (Fsp3) is 0.355. The summed E-state index contributed by atoms with van der Waals surface area (Å²) in [5, 5.41) is 22.5. The van der Waals surface area contributed by atoms with Crippen LogP contribution in [-0.4, -0.2) is 99.4 Å². The number of aromatic carboxylic acids is 1. The third-order valence-electron chi connectivity index (χ3n) is 7.13. The highest BCUT2D eigenvalue weighted by Gasteiger charge is 2.40. The molecule has 1 saturated carbocycles. The lowest BCUT2D eigenvalue weighted by molar-refractivity contribution is -0.135. The Morgan fingerprint density at radius 2 is 1.78 bits per heavy atom. The highest BCUT2D eigenvalue weighted by Crippen LogP contribution is 2.37. The Hall–Kier alpha value is -5.30. The molecule has 4 amide bonds. The van der Waals surface area contributed by atoms with Crippen LogP contribution in [0.4, 0.5) is 25.6 Å². The predicted octanol–water partition coefficient (Wildman–Crippen LogP) is 3.83.